The second-order valence-corrected chi connectivity index (χ2v) is 10.5. The number of aromatic nitrogens is 5. The van der Waals surface area contributed by atoms with E-state index in [2.05, 4.69) is 71.0 Å². The van der Waals surface area contributed by atoms with E-state index >= 15 is 0 Å². The minimum absolute atomic E-state index is 0.371. The van der Waals surface area contributed by atoms with Gasteiger partial charge in [0.2, 0.25) is 0 Å². The van der Waals surface area contributed by atoms with E-state index in [1.807, 2.05) is 43.2 Å². The number of benzene rings is 3. The number of thiazole rings is 1. The van der Waals surface area contributed by atoms with Gasteiger partial charge in [-0.1, -0.05) is 29.8 Å². The van der Waals surface area contributed by atoms with E-state index in [1.54, 1.807) is 11.3 Å². The maximum Gasteiger partial charge on any atom is 0.148 e. The number of fused-ring (bicyclic) bond motifs is 2. The molecule has 6 nitrogen and oxygen atoms in total. The molecule has 6 rings (SSSR count). The Kier molecular flexibility index (Phi) is 5.57. The molecule has 0 atom stereocenters. The van der Waals surface area contributed by atoms with Crippen molar-refractivity contribution in [2.24, 2.45) is 7.05 Å². The van der Waals surface area contributed by atoms with Crippen molar-refractivity contribution >= 4 is 32.6 Å². The summed E-state index contributed by atoms with van der Waals surface area (Å²) >= 11 is 1.70. The molecule has 0 aliphatic carbocycles. The Bertz CT molecular complexity index is 1730. The van der Waals surface area contributed by atoms with Crippen LogP contribution in [0.2, 0.25) is 0 Å². The Balaban J connectivity index is 1.40. The lowest BCUT2D eigenvalue weighted by atomic mass is 10.1. The third kappa shape index (κ3) is 4.27. The SMILES string of the molecule is Cc1ccc(C)c(Cn2c(COc3ccc4sc(C)nc4c3)nc3ccc(-c4cnn(C)c4)cc32)c1. The molecule has 3 aromatic carbocycles. The summed E-state index contributed by atoms with van der Waals surface area (Å²) in [5.74, 6) is 1.69. The first kappa shape index (κ1) is 22.5. The smallest absolute Gasteiger partial charge is 0.148 e. The molecule has 0 bridgehead atoms. The number of ether oxygens (including phenoxy) is 1. The fraction of sp³-hybridized carbons (Fsp3) is 0.207. The predicted octanol–water partition coefficient (Wildman–Crippen LogP) is 6.60. The van der Waals surface area contributed by atoms with Crippen LogP contribution in [0, 0.1) is 20.8 Å². The summed E-state index contributed by atoms with van der Waals surface area (Å²) in [5.41, 5.74) is 9.01. The van der Waals surface area contributed by atoms with Gasteiger partial charge >= 0.3 is 0 Å². The van der Waals surface area contributed by atoms with Crippen LogP contribution in [0.5, 0.6) is 5.75 Å². The van der Waals surface area contributed by atoms with E-state index in [0.717, 1.165) is 50.8 Å². The molecule has 0 spiro atoms. The molecule has 0 fully saturated rings. The van der Waals surface area contributed by atoms with E-state index < -0.39 is 0 Å². The van der Waals surface area contributed by atoms with Crippen molar-refractivity contribution in [3.8, 4) is 16.9 Å². The largest absolute Gasteiger partial charge is 0.486 e. The molecule has 7 heteroatoms. The van der Waals surface area contributed by atoms with Crippen LogP contribution in [0.15, 0.2) is 67.0 Å². The fourth-order valence-corrected chi connectivity index (χ4v) is 5.42. The van der Waals surface area contributed by atoms with Crippen LogP contribution in [0.25, 0.3) is 32.4 Å². The first-order valence-electron chi connectivity index (χ1n) is 12.0. The molecular formula is C29H27N5OS. The second kappa shape index (κ2) is 8.91. The number of imidazole rings is 1. The van der Waals surface area contributed by atoms with Crippen LogP contribution < -0.4 is 4.74 Å². The minimum atomic E-state index is 0.371. The molecule has 0 N–H and O–H groups in total. The van der Waals surface area contributed by atoms with E-state index in [4.69, 9.17) is 9.72 Å². The maximum atomic E-state index is 6.26. The minimum Gasteiger partial charge on any atom is -0.486 e. The Morgan fingerprint density at radius 3 is 2.61 bits per heavy atom. The van der Waals surface area contributed by atoms with Gasteiger partial charge in [0, 0.05) is 31.4 Å². The number of hydrogen-bond acceptors (Lipinski definition) is 5. The summed E-state index contributed by atoms with van der Waals surface area (Å²) in [4.78, 5) is 9.59. The third-order valence-corrected chi connectivity index (χ3v) is 7.48. The van der Waals surface area contributed by atoms with Gasteiger partial charge in [0.25, 0.3) is 0 Å². The predicted molar refractivity (Wildman–Crippen MR) is 146 cm³/mol. The second-order valence-electron chi connectivity index (χ2n) is 9.30. The van der Waals surface area contributed by atoms with Crippen LogP contribution in [0.3, 0.4) is 0 Å². The highest BCUT2D eigenvalue weighted by Gasteiger charge is 2.15. The van der Waals surface area contributed by atoms with Crippen molar-refractivity contribution in [2.45, 2.75) is 33.9 Å². The van der Waals surface area contributed by atoms with Crippen LogP contribution in [-0.4, -0.2) is 24.3 Å². The average Bonchev–Trinajstić information content (AvgIpc) is 3.55. The first-order chi connectivity index (χ1) is 17.4. The van der Waals surface area contributed by atoms with Crippen molar-refractivity contribution in [2.75, 3.05) is 0 Å². The summed E-state index contributed by atoms with van der Waals surface area (Å²) in [5, 5.41) is 5.40. The lowest BCUT2D eigenvalue weighted by molar-refractivity contribution is 0.291. The summed E-state index contributed by atoms with van der Waals surface area (Å²) in [6.45, 7) is 7.42. The number of rotatable bonds is 6. The Morgan fingerprint density at radius 2 is 1.78 bits per heavy atom. The molecule has 0 unspecified atom stereocenters. The quantitative estimate of drug-likeness (QED) is 0.262. The lowest BCUT2D eigenvalue weighted by Gasteiger charge is -2.13. The number of hydrogen-bond donors (Lipinski definition) is 0. The standard InChI is InChI=1S/C29H27N5OS/c1-18-5-6-19(2)22(11-18)16-34-27-12-21(23-14-30-33(4)15-23)7-9-25(27)32-29(34)17-35-24-8-10-28-26(13-24)31-20(3)36-28/h5-15H,16-17H2,1-4H3. The molecule has 6 aromatic rings. The lowest BCUT2D eigenvalue weighted by Crippen LogP contribution is -2.09. The first-order valence-corrected chi connectivity index (χ1v) is 12.8. The third-order valence-electron chi connectivity index (χ3n) is 6.53. The van der Waals surface area contributed by atoms with Crippen LogP contribution in [-0.2, 0) is 20.2 Å². The molecule has 0 radical (unpaired) electrons. The molecule has 0 aliphatic rings. The zero-order valence-corrected chi connectivity index (χ0v) is 21.6. The van der Waals surface area contributed by atoms with Gasteiger partial charge in [0.1, 0.15) is 18.2 Å². The van der Waals surface area contributed by atoms with Crippen molar-refractivity contribution in [1.82, 2.24) is 24.3 Å². The van der Waals surface area contributed by atoms with Crippen molar-refractivity contribution in [3.63, 3.8) is 0 Å². The van der Waals surface area contributed by atoms with Gasteiger partial charge in [-0.3, -0.25) is 4.68 Å². The fourth-order valence-electron chi connectivity index (χ4n) is 4.61. The molecule has 180 valence electrons. The van der Waals surface area contributed by atoms with Gasteiger partial charge in [0.15, 0.2) is 0 Å². The van der Waals surface area contributed by atoms with Gasteiger partial charge < -0.3 is 9.30 Å². The van der Waals surface area contributed by atoms with Crippen molar-refractivity contribution in [1.29, 1.82) is 0 Å². The van der Waals surface area contributed by atoms with Crippen LogP contribution >= 0.6 is 11.3 Å². The molecule has 36 heavy (non-hydrogen) atoms. The Morgan fingerprint density at radius 1 is 0.889 bits per heavy atom. The molecular weight excluding hydrogens is 466 g/mol. The molecule has 3 heterocycles. The summed E-state index contributed by atoms with van der Waals surface area (Å²) in [6, 6.07) is 19.1. The summed E-state index contributed by atoms with van der Waals surface area (Å²) < 4.78 is 11.5. The zero-order valence-electron chi connectivity index (χ0n) is 20.8. The van der Waals surface area contributed by atoms with Gasteiger partial charge in [0.05, 0.1) is 32.5 Å². The molecule has 0 aliphatic heterocycles. The zero-order chi connectivity index (χ0) is 24.8. The number of nitrogens with zero attached hydrogens (tertiary/aromatic N) is 5. The van der Waals surface area contributed by atoms with E-state index in [-0.39, 0.29) is 0 Å². The monoisotopic (exact) mass is 493 g/mol. The summed E-state index contributed by atoms with van der Waals surface area (Å²) in [6.07, 6.45) is 3.93. The highest BCUT2D eigenvalue weighted by atomic mass is 32.1. The van der Waals surface area contributed by atoms with Crippen LogP contribution in [0.1, 0.15) is 27.5 Å². The average molecular weight is 494 g/mol. The highest BCUT2D eigenvalue weighted by molar-refractivity contribution is 7.18. The topological polar surface area (TPSA) is 57.8 Å². The Labute approximate surface area is 213 Å². The molecule has 0 saturated carbocycles. The van der Waals surface area contributed by atoms with E-state index in [1.165, 1.54) is 21.4 Å². The number of aryl methyl sites for hydroxylation is 4. The highest BCUT2D eigenvalue weighted by Crippen LogP contribution is 2.29. The van der Waals surface area contributed by atoms with E-state index in [9.17, 15) is 0 Å². The normalized spacial score (nSPS) is 11.6. The molecule has 0 saturated heterocycles. The Hall–Kier alpha value is -3.97. The molecule has 3 aromatic heterocycles. The molecule has 0 amide bonds. The van der Waals surface area contributed by atoms with Gasteiger partial charge in [-0.05, 0) is 61.7 Å². The van der Waals surface area contributed by atoms with Crippen molar-refractivity contribution in [3.05, 3.63) is 94.5 Å². The van der Waals surface area contributed by atoms with Gasteiger partial charge in [-0.15, -0.1) is 11.3 Å². The van der Waals surface area contributed by atoms with Gasteiger partial charge in [-0.25, -0.2) is 9.97 Å². The van der Waals surface area contributed by atoms with E-state index in [0.29, 0.717) is 6.61 Å². The van der Waals surface area contributed by atoms with Crippen LogP contribution in [0.4, 0.5) is 0 Å². The van der Waals surface area contributed by atoms with Crippen molar-refractivity contribution < 1.29 is 4.74 Å². The van der Waals surface area contributed by atoms with Gasteiger partial charge in [-0.2, -0.15) is 5.10 Å². The maximum absolute atomic E-state index is 6.26. The summed E-state index contributed by atoms with van der Waals surface area (Å²) in [7, 11) is 1.94.